The number of rotatable bonds is 14. The van der Waals surface area contributed by atoms with Gasteiger partial charge in [0, 0.05) is 34.8 Å². The predicted octanol–water partition coefficient (Wildman–Crippen LogP) is 4.17. The summed E-state index contributed by atoms with van der Waals surface area (Å²) in [5.41, 5.74) is 3.12. The summed E-state index contributed by atoms with van der Waals surface area (Å²) in [4.78, 5) is 51.0. The molecule has 6 rings (SSSR count). The Morgan fingerprint density at radius 2 is 0.942 bits per heavy atom. The molecule has 0 saturated heterocycles. The van der Waals surface area contributed by atoms with Gasteiger partial charge >= 0.3 is 14.2 Å². The SMILES string of the molecule is O=C(N[C@@H](Cc1ccsc1)B(O)O)[C@@H]1CCC[C@H]1C(=O)c1ccccc1.O=C(N[C@@H](Cc1ccsc1)B(O)O)[C@H]1CCC[C@@H]1C(=O)c1ccccc1. The van der Waals surface area contributed by atoms with Gasteiger partial charge < -0.3 is 30.7 Å². The predicted molar refractivity (Wildman–Crippen MR) is 203 cm³/mol. The van der Waals surface area contributed by atoms with Gasteiger partial charge in [-0.3, -0.25) is 19.2 Å². The molecule has 2 aromatic heterocycles. The average molecular weight is 743 g/mol. The Bertz CT molecular complexity index is 1600. The third kappa shape index (κ3) is 10.6. The Hall–Kier alpha value is -3.91. The topological polar surface area (TPSA) is 173 Å². The Labute approximate surface area is 312 Å². The molecule has 14 heteroatoms. The van der Waals surface area contributed by atoms with Gasteiger partial charge in [0.05, 0.1) is 11.9 Å². The summed E-state index contributed by atoms with van der Waals surface area (Å²) in [7, 11) is -3.30. The maximum absolute atomic E-state index is 12.8. The number of hydrogen-bond donors (Lipinski definition) is 6. The van der Waals surface area contributed by atoms with Crippen LogP contribution in [0.1, 0.15) is 70.4 Å². The molecule has 0 radical (unpaired) electrons. The monoisotopic (exact) mass is 742 g/mol. The van der Waals surface area contributed by atoms with E-state index in [1.54, 1.807) is 24.3 Å². The number of carbonyl (C=O) groups is 4. The fraction of sp³-hybridized carbons (Fsp3) is 0.368. The molecule has 0 unspecified atom stereocenters. The van der Waals surface area contributed by atoms with E-state index in [1.165, 1.54) is 22.7 Å². The highest BCUT2D eigenvalue weighted by molar-refractivity contribution is 7.08. The Morgan fingerprint density at radius 1 is 0.577 bits per heavy atom. The van der Waals surface area contributed by atoms with Crippen LogP contribution in [0, 0.1) is 23.7 Å². The van der Waals surface area contributed by atoms with Crippen molar-refractivity contribution < 1.29 is 39.3 Å². The second kappa shape index (κ2) is 19.2. The Morgan fingerprint density at radius 3 is 1.27 bits per heavy atom. The molecule has 272 valence electrons. The molecule has 2 amide bonds. The molecule has 2 aliphatic carbocycles. The van der Waals surface area contributed by atoms with Crippen LogP contribution < -0.4 is 10.6 Å². The number of nitrogens with one attached hydrogen (secondary N) is 2. The lowest BCUT2D eigenvalue weighted by atomic mass is 9.75. The van der Waals surface area contributed by atoms with Crippen molar-refractivity contribution in [3.63, 3.8) is 0 Å². The quantitative estimate of drug-likeness (QED) is 0.0826. The second-order valence-electron chi connectivity index (χ2n) is 13.5. The van der Waals surface area contributed by atoms with Crippen LogP contribution in [-0.4, -0.2) is 69.6 Å². The molecular weight excluding hydrogens is 698 g/mol. The van der Waals surface area contributed by atoms with Crippen molar-refractivity contribution >= 4 is 60.3 Å². The highest BCUT2D eigenvalue weighted by Crippen LogP contribution is 2.36. The van der Waals surface area contributed by atoms with Crippen LogP contribution in [0.4, 0.5) is 0 Å². The molecule has 2 fully saturated rings. The molecule has 2 saturated carbocycles. The lowest BCUT2D eigenvalue weighted by molar-refractivity contribution is -0.126. The molecule has 10 nitrogen and oxygen atoms in total. The van der Waals surface area contributed by atoms with E-state index in [0.717, 1.165) is 24.0 Å². The standard InChI is InChI=1S/2C19H22BNO4S/c2*22-18(14-5-2-1-3-6-14)15-7-4-8-16(15)19(23)21-17(20(24)25)11-13-9-10-26-12-13/h2*1-3,5-6,9-10,12,15-17,24-25H,4,7-8,11H2,(H,21,23)/t15-,16-,17+;15-,16-,17-/m10/s1. The number of Topliss-reactive ketones (excluding diaryl/α,β-unsaturated/α-hetero) is 2. The fourth-order valence-corrected chi connectivity index (χ4v) is 8.54. The highest BCUT2D eigenvalue weighted by Gasteiger charge is 2.41. The first-order valence-corrected chi connectivity index (χ1v) is 19.5. The van der Waals surface area contributed by atoms with E-state index in [0.29, 0.717) is 49.7 Å². The maximum atomic E-state index is 12.8. The smallest absolute Gasteiger partial charge is 0.426 e. The summed E-state index contributed by atoms with van der Waals surface area (Å²) < 4.78 is 0. The van der Waals surface area contributed by atoms with E-state index in [1.807, 2.05) is 70.1 Å². The Kier molecular flexibility index (Phi) is 14.5. The van der Waals surface area contributed by atoms with Gasteiger partial charge in [-0.1, -0.05) is 73.5 Å². The minimum absolute atomic E-state index is 0.0119. The minimum atomic E-state index is -1.65. The molecule has 2 heterocycles. The summed E-state index contributed by atoms with van der Waals surface area (Å²) in [6, 6.07) is 21.8. The third-order valence-corrected chi connectivity index (χ3v) is 11.4. The van der Waals surface area contributed by atoms with Crippen molar-refractivity contribution in [1.82, 2.24) is 10.6 Å². The van der Waals surface area contributed by atoms with Crippen LogP contribution in [0.2, 0.25) is 0 Å². The third-order valence-electron chi connectivity index (χ3n) is 9.94. The summed E-state index contributed by atoms with van der Waals surface area (Å²) in [6.45, 7) is 0. The fourth-order valence-electron chi connectivity index (χ4n) is 7.18. The van der Waals surface area contributed by atoms with Gasteiger partial charge in [0.25, 0.3) is 0 Å². The zero-order chi connectivity index (χ0) is 37.0. The first kappa shape index (κ1) is 39.3. The molecule has 0 aliphatic heterocycles. The molecule has 6 N–H and O–H groups in total. The van der Waals surface area contributed by atoms with E-state index in [9.17, 15) is 39.3 Å². The van der Waals surface area contributed by atoms with Crippen molar-refractivity contribution in [3.8, 4) is 0 Å². The number of carbonyl (C=O) groups excluding carboxylic acids is 4. The molecule has 4 aromatic rings. The first-order valence-electron chi connectivity index (χ1n) is 17.7. The van der Waals surface area contributed by atoms with E-state index >= 15 is 0 Å². The van der Waals surface area contributed by atoms with Gasteiger partial charge in [0.2, 0.25) is 11.8 Å². The van der Waals surface area contributed by atoms with E-state index in [4.69, 9.17) is 0 Å². The van der Waals surface area contributed by atoms with Gasteiger partial charge in [-0.15, -0.1) is 0 Å². The van der Waals surface area contributed by atoms with E-state index in [-0.39, 0.29) is 35.2 Å². The molecular formula is C38H44B2N2O8S2. The normalized spacial score (nSPS) is 20.5. The first-order chi connectivity index (χ1) is 25.1. The molecule has 0 spiro atoms. The summed E-state index contributed by atoms with van der Waals surface area (Å²) in [6.07, 6.45) is 4.97. The number of thiophene rings is 2. The summed E-state index contributed by atoms with van der Waals surface area (Å²) in [5.74, 6) is -3.70. The van der Waals surface area contributed by atoms with Gasteiger partial charge in [-0.25, -0.2) is 0 Å². The number of hydrogen-bond acceptors (Lipinski definition) is 10. The van der Waals surface area contributed by atoms with E-state index in [2.05, 4.69) is 10.6 Å². The molecule has 52 heavy (non-hydrogen) atoms. The molecule has 0 bridgehead atoms. The highest BCUT2D eigenvalue weighted by atomic mass is 32.1. The van der Waals surface area contributed by atoms with Crippen molar-refractivity contribution in [2.75, 3.05) is 0 Å². The van der Waals surface area contributed by atoms with Crippen LogP contribution in [0.15, 0.2) is 94.3 Å². The largest absolute Gasteiger partial charge is 0.475 e. The van der Waals surface area contributed by atoms with Crippen LogP contribution in [0.5, 0.6) is 0 Å². The molecule has 2 aliphatic rings. The molecule has 6 atom stereocenters. The zero-order valence-electron chi connectivity index (χ0n) is 28.8. The van der Waals surface area contributed by atoms with E-state index < -0.39 is 38.0 Å². The van der Waals surface area contributed by atoms with Gasteiger partial charge in [0.1, 0.15) is 0 Å². The maximum Gasteiger partial charge on any atom is 0.475 e. The van der Waals surface area contributed by atoms with Crippen molar-refractivity contribution in [3.05, 3.63) is 117 Å². The second-order valence-corrected chi connectivity index (χ2v) is 15.0. The van der Waals surface area contributed by atoms with Crippen molar-refractivity contribution in [2.45, 2.75) is 63.2 Å². The van der Waals surface area contributed by atoms with Crippen LogP contribution in [0.3, 0.4) is 0 Å². The van der Waals surface area contributed by atoms with Gasteiger partial charge in [0.15, 0.2) is 11.6 Å². The number of amides is 2. The summed E-state index contributed by atoms with van der Waals surface area (Å²) >= 11 is 3.04. The molecule has 2 aromatic carbocycles. The van der Waals surface area contributed by atoms with Crippen molar-refractivity contribution in [2.24, 2.45) is 23.7 Å². The number of ketones is 2. The minimum Gasteiger partial charge on any atom is -0.426 e. The average Bonchev–Trinajstić information content (AvgIpc) is 4.00. The van der Waals surface area contributed by atoms with Crippen LogP contribution in [0.25, 0.3) is 0 Å². The zero-order valence-corrected chi connectivity index (χ0v) is 30.4. The number of benzene rings is 2. The van der Waals surface area contributed by atoms with Gasteiger partial charge in [-0.05, 0) is 83.3 Å². The Balaban J connectivity index is 0.000000201. The lowest BCUT2D eigenvalue weighted by Crippen LogP contribution is -2.50. The summed E-state index contributed by atoms with van der Waals surface area (Å²) in [5, 5.41) is 51.7. The van der Waals surface area contributed by atoms with Crippen LogP contribution in [-0.2, 0) is 22.4 Å². The van der Waals surface area contributed by atoms with Gasteiger partial charge in [-0.2, -0.15) is 22.7 Å². The van der Waals surface area contributed by atoms with Crippen LogP contribution >= 0.6 is 22.7 Å². The lowest BCUT2D eigenvalue weighted by Gasteiger charge is -2.23. The van der Waals surface area contributed by atoms with Crippen molar-refractivity contribution in [1.29, 1.82) is 0 Å².